The van der Waals surface area contributed by atoms with Gasteiger partial charge in [0.25, 0.3) is 0 Å². The van der Waals surface area contributed by atoms with Crippen LogP contribution in [0.3, 0.4) is 0 Å². The molecule has 9 rings (SSSR count). The number of hydrogen-bond donors (Lipinski definition) is 0. The van der Waals surface area contributed by atoms with Crippen LogP contribution < -0.4 is 4.90 Å². The SMILES string of the molecule is CC1(C)c2cc(-c3ccccc3)ccc2N(c2ccc(-c3ccccc3)cc2)c2ccc(-c3cc(-c4ccccc4)cc(-c4ccccc4)c3)cc21. The van der Waals surface area contributed by atoms with Gasteiger partial charge in [-0.15, -0.1) is 0 Å². The van der Waals surface area contributed by atoms with E-state index in [-0.39, 0.29) is 5.41 Å². The van der Waals surface area contributed by atoms with Crippen LogP contribution in [-0.4, -0.2) is 0 Å². The normalized spacial score (nSPS) is 12.9. The van der Waals surface area contributed by atoms with Crippen LogP contribution in [0.2, 0.25) is 0 Å². The lowest BCUT2D eigenvalue weighted by Gasteiger charge is -2.42. The van der Waals surface area contributed by atoms with E-state index in [1.165, 1.54) is 78.1 Å². The Labute approximate surface area is 307 Å². The van der Waals surface area contributed by atoms with Crippen LogP contribution in [0.1, 0.15) is 25.0 Å². The lowest BCUT2D eigenvalue weighted by atomic mass is 9.72. The van der Waals surface area contributed by atoms with E-state index in [0.29, 0.717) is 0 Å². The van der Waals surface area contributed by atoms with Gasteiger partial charge in [-0.25, -0.2) is 0 Å². The predicted octanol–water partition coefficient (Wildman–Crippen LogP) is 14.1. The minimum atomic E-state index is -0.259. The molecule has 0 aliphatic carbocycles. The number of rotatable bonds is 6. The summed E-state index contributed by atoms with van der Waals surface area (Å²) in [6, 6.07) is 72.9. The van der Waals surface area contributed by atoms with Gasteiger partial charge in [-0.1, -0.05) is 159 Å². The second kappa shape index (κ2) is 13.0. The number of fused-ring (bicyclic) bond motifs is 2. The maximum absolute atomic E-state index is 2.46. The minimum Gasteiger partial charge on any atom is -0.310 e. The smallest absolute Gasteiger partial charge is 0.0503 e. The van der Waals surface area contributed by atoms with Crippen molar-refractivity contribution < 1.29 is 0 Å². The highest BCUT2D eigenvalue weighted by atomic mass is 15.2. The van der Waals surface area contributed by atoms with Gasteiger partial charge in [0.1, 0.15) is 0 Å². The maximum Gasteiger partial charge on any atom is 0.0503 e. The third-order valence-electron chi connectivity index (χ3n) is 10.6. The van der Waals surface area contributed by atoms with E-state index in [4.69, 9.17) is 0 Å². The van der Waals surface area contributed by atoms with Gasteiger partial charge in [-0.05, 0) is 121 Å². The molecule has 0 N–H and O–H groups in total. The Morgan fingerprint density at radius 3 is 1.02 bits per heavy atom. The van der Waals surface area contributed by atoms with E-state index in [1.807, 2.05) is 0 Å². The van der Waals surface area contributed by atoms with Crippen molar-refractivity contribution in [3.8, 4) is 55.6 Å². The quantitative estimate of drug-likeness (QED) is 0.171. The molecule has 0 bridgehead atoms. The summed E-state index contributed by atoms with van der Waals surface area (Å²) in [5, 5.41) is 0. The molecule has 0 aromatic heterocycles. The molecule has 1 aliphatic rings. The summed E-state index contributed by atoms with van der Waals surface area (Å²) in [6.45, 7) is 4.77. The van der Waals surface area contributed by atoms with Gasteiger partial charge in [0.15, 0.2) is 0 Å². The summed E-state index contributed by atoms with van der Waals surface area (Å²) in [7, 11) is 0. The third-order valence-corrected chi connectivity index (χ3v) is 10.6. The third kappa shape index (κ3) is 5.71. The first-order valence-corrected chi connectivity index (χ1v) is 18.1. The molecule has 8 aromatic carbocycles. The first-order valence-electron chi connectivity index (χ1n) is 18.1. The molecule has 0 fully saturated rings. The summed E-state index contributed by atoms with van der Waals surface area (Å²) in [6.07, 6.45) is 0. The van der Waals surface area contributed by atoms with Crippen LogP contribution in [0, 0.1) is 0 Å². The fourth-order valence-electron chi connectivity index (χ4n) is 7.83. The summed E-state index contributed by atoms with van der Waals surface area (Å²) in [5.41, 5.74) is 18.1. The van der Waals surface area contributed by atoms with E-state index >= 15 is 0 Å². The Morgan fingerprint density at radius 1 is 0.288 bits per heavy atom. The van der Waals surface area contributed by atoms with Crippen molar-refractivity contribution in [1.82, 2.24) is 0 Å². The van der Waals surface area contributed by atoms with Gasteiger partial charge in [0, 0.05) is 11.1 Å². The molecular weight excluding hydrogens is 627 g/mol. The van der Waals surface area contributed by atoms with Crippen LogP contribution in [0.5, 0.6) is 0 Å². The Balaban J connectivity index is 1.22. The van der Waals surface area contributed by atoms with Crippen molar-refractivity contribution in [2.24, 2.45) is 0 Å². The van der Waals surface area contributed by atoms with Gasteiger partial charge in [0.2, 0.25) is 0 Å². The monoisotopic (exact) mass is 665 g/mol. The summed E-state index contributed by atoms with van der Waals surface area (Å²) < 4.78 is 0. The van der Waals surface area contributed by atoms with Crippen molar-refractivity contribution in [2.75, 3.05) is 4.90 Å². The van der Waals surface area contributed by atoms with E-state index in [0.717, 1.165) is 5.69 Å². The molecule has 52 heavy (non-hydrogen) atoms. The Hall–Kier alpha value is -6.44. The standard InChI is InChI=1S/C51H39N/c1-51(2)47-34-41(37-17-9-4-10-18-37)25-29-49(47)52(46-27-23-40(24-28-46)36-15-7-3-8-16-36)50-30-26-42(35-48(50)51)45-32-43(38-19-11-5-12-20-38)31-44(33-45)39-21-13-6-14-22-39/h3-35H,1-2H3. The Bertz CT molecular complexity index is 2440. The largest absolute Gasteiger partial charge is 0.310 e. The molecule has 1 heteroatoms. The van der Waals surface area contributed by atoms with Crippen LogP contribution in [0.25, 0.3) is 55.6 Å². The van der Waals surface area contributed by atoms with Crippen molar-refractivity contribution in [2.45, 2.75) is 19.3 Å². The van der Waals surface area contributed by atoms with Crippen LogP contribution in [-0.2, 0) is 5.41 Å². The highest BCUT2D eigenvalue weighted by molar-refractivity contribution is 5.90. The molecule has 1 aliphatic heterocycles. The van der Waals surface area contributed by atoms with Crippen LogP contribution in [0.15, 0.2) is 200 Å². The van der Waals surface area contributed by atoms with E-state index in [1.54, 1.807) is 0 Å². The molecule has 1 nitrogen and oxygen atoms in total. The van der Waals surface area contributed by atoms with E-state index in [2.05, 4.69) is 219 Å². The maximum atomic E-state index is 2.46. The number of hydrogen-bond acceptors (Lipinski definition) is 1. The van der Waals surface area contributed by atoms with Crippen LogP contribution >= 0.6 is 0 Å². The fraction of sp³-hybridized carbons (Fsp3) is 0.0588. The highest BCUT2D eigenvalue weighted by Gasteiger charge is 2.37. The zero-order chi connectivity index (χ0) is 35.1. The molecule has 248 valence electrons. The summed E-state index contributed by atoms with van der Waals surface area (Å²) >= 11 is 0. The number of anilines is 3. The Kier molecular flexibility index (Phi) is 7.90. The average molecular weight is 666 g/mol. The van der Waals surface area contributed by atoms with Crippen molar-refractivity contribution in [3.05, 3.63) is 211 Å². The molecule has 0 amide bonds. The fourth-order valence-corrected chi connectivity index (χ4v) is 7.83. The second-order valence-corrected chi connectivity index (χ2v) is 14.2. The zero-order valence-corrected chi connectivity index (χ0v) is 29.5. The molecule has 8 aromatic rings. The zero-order valence-electron chi connectivity index (χ0n) is 29.5. The highest BCUT2D eigenvalue weighted by Crippen LogP contribution is 2.53. The molecule has 0 unspecified atom stereocenters. The van der Waals surface area contributed by atoms with Gasteiger partial charge in [0.05, 0.1) is 11.4 Å². The lowest BCUT2D eigenvalue weighted by Crippen LogP contribution is -2.30. The topological polar surface area (TPSA) is 3.24 Å². The van der Waals surface area contributed by atoms with Gasteiger partial charge >= 0.3 is 0 Å². The summed E-state index contributed by atoms with van der Waals surface area (Å²) in [5.74, 6) is 0. The van der Waals surface area contributed by atoms with Crippen molar-refractivity contribution in [1.29, 1.82) is 0 Å². The number of nitrogens with zero attached hydrogens (tertiary/aromatic N) is 1. The molecular formula is C51H39N. The van der Waals surface area contributed by atoms with Gasteiger partial charge in [-0.3, -0.25) is 0 Å². The van der Waals surface area contributed by atoms with Gasteiger partial charge in [-0.2, -0.15) is 0 Å². The summed E-state index contributed by atoms with van der Waals surface area (Å²) in [4.78, 5) is 2.46. The Morgan fingerprint density at radius 2 is 0.596 bits per heavy atom. The first-order chi connectivity index (χ1) is 25.5. The minimum absolute atomic E-state index is 0.259. The lowest BCUT2D eigenvalue weighted by molar-refractivity contribution is 0.632. The van der Waals surface area contributed by atoms with Gasteiger partial charge < -0.3 is 4.90 Å². The van der Waals surface area contributed by atoms with E-state index in [9.17, 15) is 0 Å². The molecule has 0 saturated heterocycles. The molecule has 0 spiro atoms. The van der Waals surface area contributed by atoms with Crippen LogP contribution in [0.4, 0.5) is 17.1 Å². The van der Waals surface area contributed by atoms with Crippen molar-refractivity contribution >= 4 is 17.1 Å². The molecule has 1 heterocycles. The van der Waals surface area contributed by atoms with E-state index < -0.39 is 0 Å². The average Bonchev–Trinajstić information content (AvgIpc) is 3.22. The second-order valence-electron chi connectivity index (χ2n) is 14.2. The molecule has 0 atom stereocenters. The number of benzene rings is 8. The predicted molar refractivity (Wildman–Crippen MR) is 220 cm³/mol. The first kappa shape index (κ1) is 31.5. The molecule has 0 saturated carbocycles. The molecule has 0 radical (unpaired) electrons. The van der Waals surface area contributed by atoms with Crippen molar-refractivity contribution in [3.63, 3.8) is 0 Å².